The third-order valence-corrected chi connectivity index (χ3v) is 5.62. The van der Waals surface area contributed by atoms with Gasteiger partial charge in [0.15, 0.2) is 5.82 Å². The summed E-state index contributed by atoms with van der Waals surface area (Å²) in [6.45, 7) is 0. The molecular weight excluding hydrogens is 358 g/mol. The van der Waals surface area contributed by atoms with E-state index < -0.39 is 0 Å². The lowest BCUT2D eigenvalue weighted by atomic mass is 10.1. The van der Waals surface area contributed by atoms with E-state index in [1.165, 1.54) is 4.70 Å². The van der Waals surface area contributed by atoms with E-state index in [0.717, 1.165) is 38.7 Å². The fourth-order valence-electron chi connectivity index (χ4n) is 3.42. The number of tetrazole rings is 1. The Morgan fingerprint density at radius 2 is 1.93 bits per heavy atom. The van der Waals surface area contributed by atoms with Gasteiger partial charge in [0, 0.05) is 21.0 Å². The highest BCUT2D eigenvalue weighted by Gasteiger charge is 2.14. The molecule has 0 atom stereocenters. The molecule has 0 saturated carbocycles. The van der Waals surface area contributed by atoms with Crippen LogP contribution in [0.1, 0.15) is 0 Å². The minimum absolute atomic E-state index is 0.625. The molecular formula is C19H11N7S. The number of hydrogen-bond acceptors (Lipinski definition) is 6. The highest BCUT2D eigenvalue weighted by Crippen LogP contribution is 2.35. The maximum atomic E-state index is 4.99. The van der Waals surface area contributed by atoms with Gasteiger partial charge < -0.3 is 0 Å². The summed E-state index contributed by atoms with van der Waals surface area (Å²) < 4.78 is 3.25. The van der Waals surface area contributed by atoms with Gasteiger partial charge in [-0.05, 0) is 40.1 Å². The minimum Gasteiger partial charge on any atom is -0.282 e. The topological polar surface area (TPSA) is 85.2 Å². The van der Waals surface area contributed by atoms with Gasteiger partial charge in [-0.15, -0.1) is 16.4 Å². The van der Waals surface area contributed by atoms with Crippen LogP contribution in [0.2, 0.25) is 0 Å². The molecule has 4 heterocycles. The summed E-state index contributed by atoms with van der Waals surface area (Å²) in [5.41, 5.74) is 3.78. The number of H-pyrrole nitrogens is 1. The molecule has 6 rings (SSSR count). The van der Waals surface area contributed by atoms with Gasteiger partial charge in [-0.1, -0.05) is 24.3 Å². The summed E-state index contributed by atoms with van der Waals surface area (Å²) in [4.78, 5) is 9.51. The SMILES string of the molecule is c1ccc2c(c1)ncn2-c1nc2cc(-c3nnn[nH]3)ccc2c2sccc12. The van der Waals surface area contributed by atoms with Crippen LogP contribution >= 0.6 is 11.3 Å². The largest absolute Gasteiger partial charge is 0.282 e. The number of para-hydroxylation sites is 2. The number of aromatic amines is 1. The molecule has 0 saturated heterocycles. The molecule has 0 aliphatic rings. The molecule has 0 amide bonds. The summed E-state index contributed by atoms with van der Waals surface area (Å²) in [6, 6.07) is 16.3. The van der Waals surface area contributed by atoms with E-state index in [1.54, 1.807) is 11.3 Å². The third-order valence-electron chi connectivity index (χ3n) is 4.68. The van der Waals surface area contributed by atoms with E-state index in [2.05, 4.69) is 49.2 Å². The fraction of sp³-hybridized carbons (Fsp3) is 0. The van der Waals surface area contributed by atoms with Crippen molar-refractivity contribution in [3.8, 4) is 17.2 Å². The Morgan fingerprint density at radius 1 is 0.963 bits per heavy atom. The molecule has 4 aromatic heterocycles. The summed E-state index contributed by atoms with van der Waals surface area (Å²) in [7, 11) is 0. The van der Waals surface area contributed by atoms with Crippen LogP contribution in [0.25, 0.3) is 49.2 Å². The number of hydrogen-bond donors (Lipinski definition) is 1. The maximum Gasteiger partial charge on any atom is 0.179 e. The number of rotatable bonds is 2. The molecule has 6 aromatic rings. The molecule has 8 heteroatoms. The van der Waals surface area contributed by atoms with Crippen LogP contribution in [0.3, 0.4) is 0 Å². The summed E-state index contributed by atoms with van der Waals surface area (Å²) in [5.74, 6) is 1.50. The Balaban J connectivity index is 1.69. The van der Waals surface area contributed by atoms with Crippen molar-refractivity contribution in [1.29, 1.82) is 0 Å². The van der Waals surface area contributed by atoms with Crippen LogP contribution < -0.4 is 0 Å². The Labute approximate surface area is 156 Å². The van der Waals surface area contributed by atoms with E-state index in [9.17, 15) is 0 Å². The second-order valence-electron chi connectivity index (χ2n) is 6.18. The van der Waals surface area contributed by atoms with Crippen molar-refractivity contribution in [3.63, 3.8) is 0 Å². The zero-order valence-electron chi connectivity index (χ0n) is 13.9. The zero-order chi connectivity index (χ0) is 17.8. The second-order valence-corrected chi connectivity index (χ2v) is 7.10. The molecule has 0 aliphatic heterocycles. The van der Waals surface area contributed by atoms with Crippen LogP contribution in [0, 0.1) is 0 Å². The Morgan fingerprint density at radius 3 is 2.85 bits per heavy atom. The van der Waals surface area contributed by atoms with Gasteiger partial charge in [-0.25, -0.2) is 15.1 Å². The Bertz CT molecular complexity index is 1430. The molecule has 0 fully saturated rings. The number of imidazole rings is 1. The van der Waals surface area contributed by atoms with Gasteiger partial charge in [0.05, 0.1) is 16.6 Å². The van der Waals surface area contributed by atoms with Crippen molar-refractivity contribution in [2.75, 3.05) is 0 Å². The van der Waals surface area contributed by atoms with E-state index in [4.69, 9.17) is 4.98 Å². The highest BCUT2D eigenvalue weighted by molar-refractivity contribution is 7.18. The van der Waals surface area contributed by atoms with Gasteiger partial charge in [0.2, 0.25) is 0 Å². The molecule has 0 unspecified atom stereocenters. The van der Waals surface area contributed by atoms with Crippen molar-refractivity contribution in [2.24, 2.45) is 0 Å². The number of thiophene rings is 1. The second kappa shape index (κ2) is 5.42. The molecule has 2 aromatic carbocycles. The number of nitrogens with one attached hydrogen (secondary N) is 1. The standard InChI is InChI=1S/C19H11N7S/c1-2-4-16-14(3-1)20-10-26(16)19-13-7-8-27-17(13)12-6-5-11(9-15(12)21-19)18-22-24-25-23-18/h1-10H,(H,22,23,24,25). The molecule has 1 N–H and O–H groups in total. The van der Waals surface area contributed by atoms with E-state index >= 15 is 0 Å². The van der Waals surface area contributed by atoms with Crippen molar-refractivity contribution in [3.05, 3.63) is 60.2 Å². The molecule has 7 nitrogen and oxygen atoms in total. The first kappa shape index (κ1) is 14.5. The molecule has 27 heavy (non-hydrogen) atoms. The first-order chi connectivity index (χ1) is 13.4. The molecule has 0 radical (unpaired) electrons. The summed E-state index contributed by atoms with van der Waals surface area (Å²) in [5, 5.41) is 18.5. The number of pyridine rings is 1. The summed E-state index contributed by atoms with van der Waals surface area (Å²) >= 11 is 1.72. The average molecular weight is 369 g/mol. The lowest BCUT2D eigenvalue weighted by Crippen LogP contribution is -1.97. The van der Waals surface area contributed by atoms with Crippen LogP contribution in [0.5, 0.6) is 0 Å². The fourth-order valence-corrected chi connectivity index (χ4v) is 4.35. The lowest BCUT2D eigenvalue weighted by molar-refractivity contribution is 0.881. The van der Waals surface area contributed by atoms with Crippen LogP contribution in [0.4, 0.5) is 0 Å². The quantitative estimate of drug-likeness (QED) is 0.499. The number of fused-ring (bicyclic) bond motifs is 4. The Hall–Kier alpha value is -3.65. The van der Waals surface area contributed by atoms with Gasteiger partial charge >= 0.3 is 0 Å². The summed E-state index contributed by atoms with van der Waals surface area (Å²) in [6.07, 6.45) is 1.83. The highest BCUT2D eigenvalue weighted by atomic mass is 32.1. The first-order valence-corrected chi connectivity index (χ1v) is 9.24. The van der Waals surface area contributed by atoms with Crippen molar-refractivity contribution < 1.29 is 0 Å². The van der Waals surface area contributed by atoms with Gasteiger partial charge in [-0.2, -0.15) is 0 Å². The van der Waals surface area contributed by atoms with Crippen molar-refractivity contribution in [2.45, 2.75) is 0 Å². The molecule has 0 aliphatic carbocycles. The molecule has 0 spiro atoms. The molecule has 0 bridgehead atoms. The van der Waals surface area contributed by atoms with Gasteiger partial charge in [-0.3, -0.25) is 4.57 Å². The lowest BCUT2D eigenvalue weighted by Gasteiger charge is -2.09. The third kappa shape index (κ3) is 2.10. The van der Waals surface area contributed by atoms with Gasteiger partial charge in [0.1, 0.15) is 12.1 Å². The normalized spacial score (nSPS) is 11.7. The van der Waals surface area contributed by atoms with Gasteiger partial charge in [0.25, 0.3) is 0 Å². The van der Waals surface area contributed by atoms with E-state index in [-0.39, 0.29) is 0 Å². The smallest absolute Gasteiger partial charge is 0.179 e. The Kier molecular flexibility index (Phi) is 2.91. The predicted octanol–water partition coefficient (Wildman–Crippen LogP) is 3.97. The van der Waals surface area contributed by atoms with E-state index in [0.29, 0.717) is 5.82 Å². The minimum atomic E-state index is 0.625. The van der Waals surface area contributed by atoms with Crippen LogP contribution in [-0.2, 0) is 0 Å². The van der Waals surface area contributed by atoms with Crippen molar-refractivity contribution in [1.82, 2.24) is 35.2 Å². The van der Waals surface area contributed by atoms with Crippen LogP contribution in [-0.4, -0.2) is 35.2 Å². The zero-order valence-corrected chi connectivity index (χ0v) is 14.7. The number of benzene rings is 2. The monoisotopic (exact) mass is 369 g/mol. The van der Waals surface area contributed by atoms with Crippen molar-refractivity contribution >= 4 is 43.4 Å². The predicted molar refractivity (Wildman–Crippen MR) is 105 cm³/mol. The van der Waals surface area contributed by atoms with E-state index in [1.807, 2.05) is 41.2 Å². The first-order valence-electron chi connectivity index (χ1n) is 8.36. The number of nitrogens with zero attached hydrogens (tertiary/aromatic N) is 6. The van der Waals surface area contributed by atoms with Crippen LogP contribution in [0.15, 0.2) is 60.2 Å². The number of aromatic nitrogens is 7. The maximum absolute atomic E-state index is 4.99. The molecule has 128 valence electrons. The average Bonchev–Trinajstić information content (AvgIpc) is 3.47.